The van der Waals surface area contributed by atoms with Gasteiger partial charge in [0.1, 0.15) is 13.2 Å². The average molecular weight is 387 g/mol. The zero-order valence-corrected chi connectivity index (χ0v) is 16.6. The second kappa shape index (κ2) is 8.48. The topological polar surface area (TPSA) is 76.0 Å². The van der Waals surface area contributed by atoms with Crippen LogP contribution in [0.15, 0.2) is 24.3 Å². The maximum Gasteiger partial charge on any atom is 0.338 e. The van der Waals surface area contributed by atoms with E-state index in [-0.39, 0.29) is 18.4 Å². The van der Waals surface area contributed by atoms with Gasteiger partial charge in [-0.1, -0.05) is 0 Å². The van der Waals surface area contributed by atoms with Crippen molar-refractivity contribution in [2.45, 2.75) is 26.8 Å². The minimum atomic E-state index is -0.577. The smallest absolute Gasteiger partial charge is 0.338 e. The Bertz CT molecular complexity index is 885. The molecule has 28 heavy (non-hydrogen) atoms. The summed E-state index contributed by atoms with van der Waals surface area (Å²) in [7, 11) is 1.65. The number of hydrogen-bond acceptors (Lipinski definition) is 6. The molecule has 7 nitrogen and oxygen atoms in total. The lowest BCUT2D eigenvalue weighted by molar-refractivity contribution is 0.0473. The largest absolute Gasteiger partial charge is 0.486 e. The van der Waals surface area contributed by atoms with Crippen LogP contribution in [0.1, 0.15) is 45.1 Å². The van der Waals surface area contributed by atoms with Crippen molar-refractivity contribution in [3.8, 4) is 11.5 Å². The number of aryl methyl sites for hydroxylation is 1. The Morgan fingerprint density at radius 2 is 1.86 bits per heavy atom. The number of esters is 1. The second-order valence-electron chi connectivity index (χ2n) is 6.82. The van der Waals surface area contributed by atoms with Crippen LogP contribution in [0.4, 0.5) is 0 Å². The molecule has 1 aromatic carbocycles. The third kappa shape index (κ3) is 4.04. The van der Waals surface area contributed by atoms with E-state index in [2.05, 4.69) is 4.57 Å². The number of ether oxygens (including phenoxy) is 4. The highest BCUT2D eigenvalue weighted by Crippen LogP contribution is 2.31. The molecule has 0 saturated carbocycles. The number of carbonyl (C=O) groups is 2. The highest BCUT2D eigenvalue weighted by molar-refractivity contribution is 6.00. The van der Waals surface area contributed by atoms with Crippen molar-refractivity contribution >= 4 is 11.8 Å². The van der Waals surface area contributed by atoms with Crippen molar-refractivity contribution < 1.29 is 28.5 Å². The molecule has 0 saturated heterocycles. The summed E-state index contributed by atoms with van der Waals surface area (Å²) in [5, 5.41) is 0. The van der Waals surface area contributed by atoms with Crippen molar-refractivity contribution in [2.24, 2.45) is 0 Å². The Hall–Kier alpha value is -2.80. The van der Waals surface area contributed by atoms with Crippen LogP contribution in [0.3, 0.4) is 0 Å². The Morgan fingerprint density at radius 3 is 2.57 bits per heavy atom. The normalized spacial score (nSPS) is 13.9. The monoisotopic (exact) mass is 387 g/mol. The molecule has 2 heterocycles. The van der Waals surface area contributed by atoms with Crippen LogP contribution in [-0.4, -0.2) is 49.9 Å². The van der Waals surface area contributed by atoms with Gasteiger partial charge < -0.3 is 23.5 Å². The lowest BCUT2D eigenvalue weighted by Gasteiger charge is -2.18. The number of nitrogens with zero attached hydrogens (tertiary/aromatic N) is 1. The number of carbonyl (C=O) groups excluding carboxylic acids is 2. The first-order chi connectivity index (χ1) is 13.4. The highest BCUT2D eigenvalue weighted by Gasteiger charge is 2.21. The summed E-state index contributed by atoms with van der Waals surface area (Å²) >= 11 is 0. The molecule has 0 fully saturated rings. The van der Waals surface area contributed by atoms with Gasteiger partial charge in [-0.15, -0.1) is 0 Å². The van der Waals surface area contributed by atoms with Crippen molar-refractivity contribution in [1.29, 1.82) is 0 Å². The predicted molar refractivity (Wildman–Crippen MR) is 103 cm³/mol. The molecule has 0 spiro atoms. The number of ketones is 1. The molecule has 0 amide bonds. The van der Waals surface area contributed by atoms with Crippen LogP contribution in [0.25, 0.3) is 0 Å². The fraction of sp³-hybridized carbons (Fsp3) is 0.429. The van der Waals surface area contributed by atoms with E-state index >= 15 is 0 Å². The summed E-state index contributed by atoms with van der Waals surface area (Å²) < 4.78 is 23.4. The molecule has 1 aliphatic rings. The number of methoxy groups -OCH3 is 1. The number of fused-ring (bicyclic) bond motifs is 1. The highest BCUT2D eigenvalue weighted by atomic mass is 16.6. The van der Waals surface area contributed by atoms with Gasteiger partial charge in [0.15, 0.2) is 18.1 Å². The molecule has 1 aromatic heterocycles. The molecule has 3 rings (SSSR count). The molecule has 150 valence electrons. The van der Waals surface area contributed by atoms with Gasteiger partial charge in [-0.05, 0) is 45.0 Å². The lowest BCUT2D eigenvalue weighted by atomic mass is 10.1. The zero-order valence-electron chi connectivity index (χ0n) is 16.6. The Kier molecular flexibility index (Phi) is 6.04. The van der Waals surface area contributed by atoms with Crippen molar-refractivity contribution in [3.05, 3.63) is 46.8 Å². The fourth-order valence-electron chi connectivity index (χ4n) is 3.52. The first-order valence-corrected chi connectivity index (χ1v) is 9.19. The van der Waals surface area contributed by atoms with Crippen molar-refractivity contribution in [3.63, 3.8) is 0 Å². The number of Topliss-reactive ketones (excluding diaryl/α,β-unsaturated/α-hetero) is 1. The summed E-state index contributed by atoms with van der Waals surface area (Å²) in [6, 6.07) is 6.75. The van der Waals surface area contributed by atoms with E-state index in [1.165, 1.54) is 0 Å². The molecule has 0 aliphatic carbocycles. The zero-order chi connectivity index (χ0) is 20.3. The van der Waals surface area contributed by atoms with Crippen molar-refractivity contribution in [2.75, 3.05) is 33.5 Å². The Labute approximate surface area is 164 Å². The third-order valence-corrected chi connectivity index (χ3v) is 4.75. The van der Waals surface area contributed by atoms with E-state index < -0.39 is 5.97 Å². The number of rotatable bonds is 7. The summed E-state index contributed by atoms with van der Waals surface area (Å²) in [4.78, 5) is 24.9. The van der Waals surface area contributed by atoms with E-state index in [0.717, 1.165) is 11.4 Å². The standard InChI is InChI=1S/C21H25NO6/c1-13-9-17(15(3)22(13)14(2)11-25-4)18(23)12-28-21(24)16-5-6-19-20(10-16)27-8-7-26-19/h5-6,9-10,14H,7-8,11-12H2,1-4H3/t14-/m0/s1. The maximum atomic E-state index is 12.6. The quantitative estimate of drug-likeness (QED) is 0.537. The Balaban J connectivity index is 1.67. The van der Waals surface area contributed by atoms with E-state index in [4.69, 9.17) is 18.9 Å². The SMILES string of the molecule is COC[C@H](C)n1c(C)cc(C(=O)COC(=O)c2ccc3c(c2)OCCO3)c1C. The molecule has 2 aromatic rings. The number of benzene rings is 1. The van der Waals surface area contributed by atoms with Gasteiger partial charge in [-0.3, -0.25) is 4.79 Å². The molecule has 1 aliphatic heterocycles. The van der Waals surface area contributed by atoms with Crippen LogP contribution in [0, 0.1) is 13.8 Å². The van der Waals surface area contributed by atoms with Crippen molar-refractivity contribution in [1.82, 2.24) is 4.57 Å². The number of hydrogen-bond donors (Lipinski definition) is 0. The molecular weight excluding hydrogens is 362 g/mol. The van der Waals surface area contributed by atoms with Gasteiger partial charge >= 0.3 is 5.97 Å². The summed E-state index contributed by atoms with van der Waals surface area (Å²) in [6.45, 7) is 6.99. The first-order valence-electron chi connectivity index (χ1n) is 9.19. The van der Waals surface area contributed by atoms with Crippen LogP contribution in [0.2, 0.25) is 0 Å². The van der Waals surface area contributed by atoms with Gasteiger partial charge in [0.2, 0.25) is 5.78 Å². The molecule has 0 unspecified atom stereocenters. The van der Waals surface area contributed by atoms with E-state index in [0.29, 0.717) is 42.4 Å². The first kappa shape index (κ1) is 19.9. The molecular formula is C21H25NO6. The number of aromatic nitrogens is 1. The molecule has 0 radical (unpaired) electrons. The summed E-state index contributed by atoms with van der Waals surface area (Å²) in [6.07, 6.45) is 0. The van der Waals surface area contributed by atoms with Gasteiger partial charge in [0, 0.05) is 24.1 Å². The molecule has 0 bridgehead atoms. The fourth-order valence-corrected chi connectivity index (χ4v) is 3.52. The van der Waals surface area contributed by atoms with E-state index in [1.807, 2.05) is 26.8 Å². The van der Waals surface area contributed by atoms with E-state index in [9.17, 15) is 9.59 Å². The van der Waals surface area contributed by atoms with Crippen LogP contribution in [-0.2, 0) is 9.47 Å². The average Bonchev–Trinajstić information content (AvgIpc) is 2.99. The molecule has 0 N–H and O–H groups in total. The summed E-state index contributed by atoms with van der Waals surface area (Å²) in [5.41, 5.74) is 2.66. The lowest BCUT2D eigenvalue weighted by Crippen LogP contribution is -2.18. The maximum absolute atomic E-state index is 12.6. The van der Waals surface area contributed by atoms with Gasteiger partial charge in [-0.2, -0.15) is 0 Å². The minimum absolute atomic E-state index is 0.104. The van der Waals surface area contributed by atoms with Gasteiger partial charge in [0.25, 0.3) is 0 Å². The second-order valence-corrected chi connectivity index (χ2v) is 6.82. The van der Waals surface area contributed by atoms with Gasteiger partial charge in [0.05, 0.1) is 18.2 Å². The van der Waals surface area contributed by atoms with E-state index in [1.54, 1.807) is 25.3 Å². The summed E-state index contributed by atoms with van der Waals surface area (Å²) in [5.74, 6) is 0.279. The van der Waals surface area contributed by atoms with Gasteiger partial charge in [-0.25, -0.2) is 4.79 Å². The van der Waals surface area contributed by atoms with Crippen LogP contribution >= 0.6 is 0 Å². The van der Waals surface area contributed by atoms with Crippen LogP contribution < -0.4 is 9.47 Å². The third-order valence-electron chi connectivity index (χ3n) is 4.75. The molecule has 1 atom stereocenters. The minimum Gasteiger partial charge on any atom is -0.486 e. The predicted octanol–water partition coefficient (Wildman–Crippen LogP) is 3.12. The van der Waals surface area contributed by atoms with Crippen LogP contribution in [0.5, 0.6) is 11.5 Å². The molecule has 7 heteroatoms. The Morgan fingerprint density at radius 1 is 1.14 bits per heavy atom.